The van der Waals surface area contributed by atoms with Crippen LogP contribution in [0.1, 0.15) is 0 Å². The molecule has 0 fully saturated rings. The second-order valence-electron chi connectivity index (χ2n) is 3.63. The largest absolute Gasteiger partial charge is 0.367 e. The van der Waals surface area contributed by atoms with Gasteiger partial charge in [-0.3, -0.25) is 0 Å². The quantitative estimate of drug-likeness (QED) is 0.668. The van der Waals surface area contributed by atoms with Gasteiger partial charge in [0.1, 0.15) is 0 Å². The van der Waals surface area contributed by atoms with Crippen LogP contribution in [0.3, 0.4) is 0 Å². The lowest BCUT2D eigenvalue weighted by atomic mass is 10.1. The number of allylic oxidation sites excluding steroid dienone is 1. The van der Waals surface area contributed by atoms with E-state index in [9.17, 15) is 0 Å². The van der Waals surface area contributed by atoms with Crippen molar-refractivity contribution in [1.82, 2.24) is 5.32 Å². The maximum atomic E-state index is 3.13. The van der Waals surface area contributed by atoms with Gasteiger partial charge in [0.15, 0.2) is 0 Å². The summed E-state index contributed by atoms with van der Waals surface area (Å²) in [5.74, 6) is 0. The van der Waals surface area contributed by atoms with Gasteiger partial charge in [-0.25, -0.2) is 0 Å². The van der Waals surface area contributed by atoms with Gasteiger partial charge in [-0.2, -0.15) is 0 Å². The molecule has 1 heteroatoms. The molecule has 0 aliphatic carbocycles. The van der Waals surface area contributed by atoms with Crippen LogP contribution < -0.4 is 15.8 Å². The molecule has 0 unspecified atom stereocenters. The zero-order chi connectivity index (χ0) is 10.1. The van der Waals surface area contributed by atoms with E-state index in [1.165, 1.54) is 21.2 Å². The number of benzene rings is 2. The lowest BCUT2D eigenvalue weighted by molar-refractivity contribution is 1.28. The van der Waals surface area contributed by atoms with Crippen molar-refractivity contribution in [3.63, 3.8) is 0 Å². The highest BCUT2D eigenvalue weighted by Crippen LogP contribution is 2.06. The molecule has 0 spiro atoms. The van der Waals surface area contributed by atoms with E-state index in [2.05, 4.69) is 47.8 Å². The summed E-state index contributed by atoms with van der Waals surface area (Å²) in [6.07, 6.45) is 8.15. The zero-order valence-electron chi connectivity index (χ0n) is 8.27. The Morgan fingerprint density at radius 1 is 0.933 bits per heavy atom. The second kappa shape index (κ2) is 3.28. The predicted octanol–water partition coefficient (Wildman–Crippen LogP) is 1.48. The minimum Gasteiger partial charge on any atom is -0.367 e. The maximum Gasteiger partial charge on any atom is 0.00838 e. The number of fused-ring (bicyclic) bond motifs is 3. The van der Waals surface area contributed by atoms with Crippen LogP contribution in [0.15, 0.2) is 48.7 Å². The van der Waals surface area contributed by atoms with E-state index in [1.807, 2.05) is 18.5 Å². The Labute approximate surface area is 88.0 Å². The molecule has 1 N–H and O–H groups in total. The fourth-order valence-electron chi connectivity index (χ4n) is 1.96. The Morgan fingerprint density at radius 3 is 2.87 bits per heavy atom. The number of nitrogens with one attached hydrogen (secondary N) is 1. The molecule has 0 atom stereocenters. The highest BCUT2D eigenvalue weighted by atomic mass is 14.8. The average molecular weight is 193 g/mol. The summed E-state index contributed by atoms with van der Waals surface area (Å²) in [5, 5.41) is 8.25. The first-order valence-electron chi connectivity index (χ1n) is 5.06. The summed E-state index contributed by atoms with van der Waals surface area (Å²) in [6, 6.07) is 12.8. The van der Waals surface area contributed by atoms with Gasteiger partial charge in [0.2, 0.25) is 0 Å². The van der Waals surface area contributed by atoms with Gasteiger partial charge in [0.25, 0.3) is 0 Å². The fourth-order valence-corrected chi connectivity index (χ4v) is 1.96. The zero-order valence-corrected chi connectivity index (χ0v) is 8.27. The molecule has 0 amide bonds. The highest BCUT2D eigenvalue weighted by molar-refractivity contribution is 5.84. The van der Waals surface area contributed by atoms with E-state index in [0.717, 1.165) is 0 Å². The maximum absolute atomic E-state index is 3.13. The van der Waals surface area contributed by atoms with Crippen LogP contribution in [-0.2, 0) is 0 Å². The van der Waals surface area contributed by atoms with Crippen LogP contribution in [0.25, 0.3) is 23.0 Å². The third-order valence-corrected chi connectivity index (χ3v) is 2.70. The van der Waals surface area contributed by atoms with E-state index in [-0.39, 0.29) is 0 Å². The minimum absolute atomic E-state index is 1.23. The summed E-state index contributed by atoms with van der Waals surface area (Å²) in [6.45, 7) is 0. The molecule has 0 aromatic heterocycles. The summed E-state index contributed by atoms with van der Waals surface area (Å²) in [5.41, 5.74) is 0. The van der Waals surface area contributed by atoms with Crippen LogP contribution in [0.5, 0.6) is 0 Å². The molecule has 0 bridgehead atoms. The van der Waals surface area contributed by atoms with E-state index in [1.54, 1.807) is 0 Å². The molecule has 1 nitrogen and oxygen atoms in total. The first-order chi connectivity index (χ1) is 7.45. The SMILES string of the molecule is C1=CNC=c2ccc3ccccc3c2=C1. The van der Waals surface area contributed by atoms with Crippen molar-refractivity contribution in [3.05, 3.63) is 59.1 Å². The summed E-state index contributed by atoms with van der Waals surface area (Å²) >= 11 is 0. The third kappa shape index (κ3) is 1.33. The molecule has 72 valence electrons. The number of rotatable bonds is 0. The van der Waals surface area contributed by atoms with Gasteiger partial charge in [-0.15, -0.1) is 0 Å². The second-order valence-corrected chi connectivity index (χ2v) is 3.63. The first kappa shape index (κ1) is 8.30. The van der Waals surface area contributed by atoms with Crippen molar-refractivity contribution >= 4 is 23.0 Å². The third-order valence-electron chi connectivity index (χ3n) is 2.70. The molecule has 0 radical (unpaired) electrons. The van der Waals surface area contributed by atoms with E-state index in [0.29, 0.717) is 0 Å². The highest BCUT2D eigenvalue weighted by Gasteiger charge is 1.95. The standard InChI is InChI=1S/C14H11N/c1-2-5-13-11(4-1)7-8-12-10-15-9-3-6-14(12)13/h1-10,15H. The molecular weight excluding hydrogens is 182 g/mol. The summed E-state index contributed by atoms with van der Waals surface area (Å²) in [4.78, 5) is 0. The Bertz CT molecular complexity index is 651. The molecule has 1 aliphatic rings. The van der Waals surface area contributed by atoms with Crippen molar-refractivity contribution in [2.75, 3.05) is 0 Å². The molecule has 2 aromatic rings. The van der Waals surface area contributed by atoms with Crippen LogP contribution in [0, 0.1) is 0 Å². The molecule has 0 saturated carbocycles. The number of hydrogen-bond donors (Lipinski definition) is 1. The van der Waals surface area contributed by atoms with Crippen molar-refractivity contribution in [3.8, 4) is 0 Å². The van der Waals surface area contributed by atoms with Crippen molar-refractivity contribution in [2.24, 2.45) is 0 Å². The van der Waals surface area contributed by atoms with E-state index >= 15 is 0 Å². The Hall–Kier alpha value is -2.02. The molecule has 0 saturated heterocycles. The van der Waals surface area contributed by atoms with Gasteiger partial charge in [0.05, 0.1) is 0 Å². The van der Waals surface area contributed by atoms with Crippen molar-refractivity contribution in [1.29, 1.82) is 0 Å². The van der Waals surface area contributed by atoms with E-state index in [4.69, 9.17) is 0 Å². The van der Waals surface area contributed by atoms with Gasteiger partial charge in [-0.05, 0) is 27.3 Å². The van der Waals surface area contributed by atoms with Crippen LogP contribution in [0.4, 0.5) is 0 Å². The van der Waals surface area contributed by atoms with Gasteiger partial charge >= 0.3 is 0 Å². The Balaban J connectivity index is 2.58. The molecular formula is C14H11N. The molecule has 3 rings (SSSR count). The molecule has 1 aliphatic heterocycles. The summed E-state index contributed by atoms with van der Waals surface area (Å²) < 4.78 is 0. The van der Waals surface area contributed by atoms with E-state index < -0.39 is 0 Å². The monoisotopic (exact) mass is 193 g/mol. The van der Waals surface area contributed by atoms with Gasteiger partial charge in [-0.1, -0.05) is 42.5 Å². The normalized spacial score (nSPS) is 13.3. The van der Waals surface area contributed by atoms with Crippen molar-refractivity contribution < 1.29 is 0 Å². The number of hydrogen-bond acceptors (Lipinski definition) is 1. The minimum atomic E-state index is 1.23. The average Bonchev–Trinajstić information content (AvgIpc) is 2.54. The first-order valence-corrected chi connectivity index (χ1v) is 5.06. The van der Waals surface area contributed by atoms with Gasteiger partial charge < -0.3 is 5.32 Å². The summed E-state index contributed by atoms with van der Waals surface area (Å²) in [7, 11) is 0. The lowest BCUT2D eigenvalue weighted by Gasteiger charge is -1.98. The van der Waals surface area contributed by atoms with Crippen molar-refractivity contribution in [2.45, 2.75) is 0 Å². The van der Waals surface area contributed by atoms with Gasteiger partial charge in [0, 0.05) is 12.4 Å². The Kier molecular flexibility index (Phi) is 1.82. The van der Waals surface area contributed by atoms with Crippen LogP contribution in [-0.4, -0.2) is 0 Å². The molecule has 15 heavy (non-hydrogen) atoms. The predicted molar refractivity (Wildman–Crippen MR) is 64.4 cm³/mol. The fraction of sp³-hybridized carbons (Fsp3) is 0. The van der Waals surface area contributed by atoms with Crippen LogP contribution >= 0.6 is 0 Å². The Morgan fingerprint density at radius 2 is 1.87 bits per heavy atom. The molecule has 1 heterocycles. The topological polar surface area (TPSA) is 12.0 Å². The smallest absolute Gasteiger partial charge is 0.00838 e. The lowest BCUT2D eigenvalue weighted by Crippen LogP contribution is -2.25. The molecule has 2 aromatic carbocycles. The van der Waals surface area contributed by atoms with Crippen LogP contribution in [0.2, 0.25) is 0 Å².